The van der Waals surface area contributed by atoms with Crippen molar-refractivity contribution in [3.05, 3.63) is 59.7 Å². The smallest absolute Gasteiger partial charge is 0.407 e. The second-order valence-corrected chi connectivity index (χ2v) is 8.67. The van der Waals surface area contributed by atoms with Crippen LogP contribution in [-0.2, 0) is 23.9 Å². The molecule has 0 saturated carbocycles. The first-order valence-electron chi connectivity index (χ1n) is 11.2. The van der Waals surface area contributed by atoms with Gasteiger partial charge in [0.15, 0.2) is 5.60 Å². The van der Waals surface area contributed by atoms with Crippen LogP contribution < -0.4 is 5.32 Å². The molecule has 1 heterocycles. The number of rotatable bonds is 8. The van der Waals surface area contributed by atoms with Gasteiger partial charge in [0.1, 0.15) is 12.6 Å². The molecule has 10 heteroatoms. The maximum Gasteiger partial charge on any atom is 0.407 e. The molecular formula is C25H26N2O8. The van der Waals surface area contributed by atoms with Crippen molar-refractivity contribution in [3.8, 4) is 11.1 Å². The van der Waals surface area contributed by atoms with Crippen molar-refractivity contribution in [2.45, 2.75) is 30.4 Å². The average molecular weight is 482 g/mol. The molecule has 1 aliphatic carbocycles. The molecule has 2 amide bonds. The third-order valence-electron chi connectivity index (χ3n) is 6.36. The van der Waals surface area contributed by atoms with E-state index >= 15 is 0 Å². The molecule has 1 unspecified atom stereocenters. The lowest BCUT2D eigenvalue weighted by atomic mass is 9.93. The van der Waals surface area contributed by atoms with Gasteiger partial charge in [-0.25, -0.2) is 9.59 Å². The molecule has 10 nitrogen and oxygen atoms in total. The number of carbonyl (C=O) groups excluding carboxylic acids is 3. The highest BCUT2D eigenvalue weighted by molar-refractivity contribution is 5.90. The maximum absolute atomic E-state index is 12.9. The number of amides is 2. The standard InChI is InChI=1S/C25H26N2O8/c1-34-23(31)25(33)13-27(14-25)22(30)20(10-11-21(28)29)26-24(32)35-12-19-17-8-4-2-6-15(17)16-7-3-5-9-18(16)19/h2-9,19-20,33H,10-14H2,1H3,(H,26,32)(H,28,29). The third kappa shape index (κ3) is 4.83. The molecule has 4 rings (SSSR count). The third-order valence-corrected chi connectivity index (χ3v) is 6.36. The van der Waals surface area contributed by atoms with Gasteiger partial charge in [-0.15, -0.1) is 0 Å². The molecule has 1 atom stereocenters. The number of likely N-dealkylation sites (tertiary alicyclic amines) is 1. The number of aliphatic hydroxyl groups is 1. The van der Waals surface area contributed by atoms with Crippen LogP contribution in [0.5, 0.6) is 0 Å². The molecule has 1 saturated heterocycles. The number of carbonyl (C=O) groups is 4. The van der Waals surface area contributed by atoms with Gasteiger partial charge < -0.3 is 29.9 Å². The highest BCUT2D eigenvalue weighted by Gasteiger charge is 2.51. The Morgan fingerprint density at radius 2 is 1.63 bits per heavy atom. The van der Waals surface area contributed by atoms with E-state index in [9.17, 15) is 24.3 Å². The number of nitrogens with one attached hydrogen (secondary N) is 1. The summed E-state index contributed by atoms with van der Waals surface area (Å²) in [5, 5.41) is 21.7. The van der Waals surface area contributed by atoms with Gasteiger partial charge in [-0.1, -0.05) is 48.5 Å². The van der Waals surface area contributed by atoms with Gasteiger partial charge in [0.2, 0.25) is 5.91 Å². The molecule has 2 aromatic carbocycles. The number of benzene rings is 2. The molecule has 3 N–H and O–H groups in total. The van der Waals surface area contributed by atoms with Crippen molar-refractivity contribution < 1.29 is 38.9 Å². The van der Waals surface area contributed by atoms with E-state index in [2.05, 4.69) is 10.1 Å². The molecule has 0 bridgehead atoms. The van der Waals surface area contributed by atoms with E-state index in [1.807, 2.05) is 48.5 Å². The highest BCUT2D eigenvalue weighted by atomic mass is 16.6. The van der Waals surface area contributed by atoms with E-state index in [0.717, 1.165) is 34.3 Å². The average Bonchev–Trinajstić information content (AvgIpc) is 3.16. The van der Waals surface area contributed by atoms with Gasteiger partial charge >= 0.3 is 18.0 Å². The second-order valence-electron chi connectivity index (χ2n) is 8.67. The number of nitrogens with zero attached hydrogens (tertiary/aromatic N) is 1. The lowest BCUT2D eigenvalue weighted by Crippen LogP contribution is -2.70. The number of ether oxygens (including phenoxy) is 2. The number of aliphatic carboxylic acids is 1. The first-order chi connectivity index (χ1) is 16.7. The SMILES string of the molecule is COC(=O)C1(O)CN(C(=O)C(CCC(=O)O)NC(=O)OCC2c3ccccc3-c3ccccc32)C1. The van der Waals surface area contributed by atoms with Gasteiger partial charge in [-0.2, -0.15) is 0 Å². The van der Waals surface area contributed by atoms with Crippen LogP contribution in [0.2, 0.25) is 0 Å². The number of fused-ring (bicyclic) bond motifs is 3. The first-order valence-corrected chi connectivity index (χ1v) is 11.2. The van der Waals surface area contributed by atoms with Crippen LogP contribution in [-0.4, -0.2) is 77.5 Å². The zero-order chi connectivity index (χ0) is 25.2. The summed E-state index contributed by atoms with van der Waals surface area (Å²) in [5.41, 5.74) is 2.39. The number of esters is 1. The Hall–Kier alpha value is -3.92. The number of methoxy groups -OCH3 is 1. The van der Waals surface area contributed by atoms with Crippen LogP contribution in [0.3, 0.4) is 0 Å². The summed E-state index contributed by atoms with van der Waals surface area (Å²) in [5.74, 6) is -2.79. The van der Waals surface area contributed by atoms with Crippen LogP contribution in [0.4, 0.5) is 4.79 Å². The maximum atomic E-state index is 12.9. The van der Waals surface area contributed by atoms with Crippen LogP contribution in [0, 0.1) is 0 Å². The summed E-state index contributed by atoms with van der Waals surface area (Å²) in [6, 6.07) is 14.5. The first kappa shape index (κ1) is 24.2. The Morgan fingerprint density at radius 3 is 2.17 bits per heavy atom. The molecule has 0 radical (unpaired) electrons. The summed E-state index contributed by atoms with van der Waals surface area (Å²) in [6.45, 7) is -0.589. The molecule has 184 valence electrons. The minimum Gasteiger partial charge on any atom is -0.481 e. The Bertz CT molecular complexity index is 1110. The van der Waals surface area contributed by atoms with Gasteiger partial charge in [0.05, 0.1) is 20.2 Å². The predicted molar refractivity (Wildman–Crippen MR) is 122 cm³/mol. The Balaban J connectivity index is 1.40. The van der Waals surface area contributed by atoms with Crippen LogP contribution >= 0.6 is 0 Å². The number of hydrogen-bond acceptors (Lipinski definition) is 7. The predicted octanol–water partition coefficient (Wildman–Crippen LogP) is 1.50. The second kappa shape index (κ2) is 9.75. The number of carboxylic acid groups (broad SMARTS) is 1. The lowest BCUT2D eigenvalue weighted by Gasteiger charge is -2.45. The molecular weight excluding hydrogens is 456 g/mol. The molecule has 2 aliphatic rings. The van der Waals surface area contributed by atoms with Crippen molar-refractivity contribution in [2.75, 3.05) is 26.8 Å². The summed E-state index contributed by atoms with van der Waals surface area (Å²) < 4.78 is 9.99. The van der Waals surface area contributed by atoms with Crippen LogP contribution in [0.25, 0.3) is 11.1 Å². The van der Waals surface area contributed by atoms with Gasteiger partial charge in [0, 0.05) is 12.3 Å². The Labute approximate surface area is 201 Å². The molecule has 0 spiro atoms. The lowest BCUT2D eigenvalue weighted by molar-refractivity contribution is -0.185. The van der Waals surface area contributed by atoms with E-state index < -0.39 is 35.6 Å². The quantitative estimate of drug-likeness (QED) is 0.481. The van der Waals surface area contributed by atoms with E-state index in [-0.39, 0.29) is 38.5 Å². The van der Waals surface area contributed by atoms with Crippen molar-refractivity contribution in [1.29, 1.82) is 0 Å². The van der Waals surface area contributed by atoms with E-state index in [1.54, 1.807) is 0 Å². The van der Waals surface area contributed by atoms with Crippen molar-refractivity contribution in [3.63, 3.8) is 0 Å². The van der Waals surface area contributed by atoms with Crippen LogP contribution in [0.1, 0.15) is 29.9 Å². The fourth-order valence-corrected chi connectivity index (χ4v) is 4.59. The van der Waals surface area contributed by atoms with Gasteiger partial charge in [-0.05, 0) is 28.7 Å². The highest BCUT2D eigenvalue weighted by Crippen LogP contribution is 2.44. The zero-order valence-corrected chi connectivity index (χ0v) is 19.1. The van der Waals surface area contributed by atoms with Crippen molar-refractivity contribution >= 4 is 23.9 Å². The summed E-state index contributed by atoms with van der Waals surface area (Å²) in [4.78, 5) is 49.4. The van der Waals surface area contributed by atoms with Crippen LogP contribution in [0.15, 0.2) is 48.5 Å². The molecule has 0 aromatic heterocycles. The topological polar surface area (TPSA) is 142 Å². The zero-order valence-electron chi connectivity index (χ0n) is 19.1. The van der Waals surface area contributed by atoms with Crippen molar-refractivity contribution in [2.24, 2.45) is 0 Å². The van der Waals surface area contributed by atoms with Gasteiger partial charge in [0.25, 0.3) is 0 Å². The number of carboxylic acids is 1. The minimum absolute atomic E-state index is 0.0332. The molecule has 35 heavy (non-hydrogen) atoms. The molecule has 2 aromatic rings. The van der Waals surface area contributed by atoms with E-state index in [0.29, 0.717) is 0 Å². The fraction of sp³-hybridized carbons (Fsp3) is 0.360. The van der Waals surface area contributed by atoms with E-state index in [1.165, 1.54) is 0 Å². The Morgan fingerprint density at radius 1 is 1.06 bits per heavy atom. The fourth-order valence-electron chi connectivity index (χ4n) is 4.59. The summed E-state index contributed by atoms with van der Waals surface area (Å²) in [6.07, 6.45) is -1.40. The minimum atomic E-state index is -1.81. The number of alkyl carbamates (subject to hydrolysis) is 1. The molecule has 1 aliphatic heterocycles. The normalized spacial score (nSPS) is 16.3. The monoisotopic (exact) mass is 482 g/mol. The largest absolute Gasteiger partial charge is 0.481 e. The number of hydrogen-bond donors (Lipinski definition) is 3. The van der Waals surface area contributed by atoms with Gasteiger partial charge in [-0.3, -0.25) is 9.59 Å². The summed E-state index contributed by atoms with van der Waals surface area (Å²) >= 11 is 0. The van der Waals surface area contributed by atoms with Crippen molar-refractivity contribution in [1.82, 2.24) is 10.2 Å². The Kier molecular flexibility index (Phi) is 6.74. The molecule has 1 fully saturated rings. The summed E-state index contributed by atoms with van der Waals surface area (Å²) in [7, 11) is 1.12. The van der Waals surface area contributed by atoms with E-state index in [4.69, 9.17) is 9.84 Å². The number of β-amino-alcohol motifs (C(OH)–C–C–N with tert-alkyl or cyclic N) is 1.